The first-order chi connectivity index (χ1) is 19.9. The van der Waals surface area contributed by atoms with E-state index in [-0.39, 0.29) is 10.8 Å². The predicted octanol–water partition coefficient (Wildman–Crippen LogP) is 4.11. The number of amides is 3. The summed E-state index contributed by atoms with van der Waals surface area (Å²) in [4.78, 5) is 28.5. The Balaban J connectivity index is 1.17. The highest BCUT2D eigenvalue weighted by Gasteiger charge is 2.21. The van der Waals surface area contributed by atoms with Crippen LogP contribution in [0, 0.1) is 0 Å². The molecule has 1 fully saturated rings. The smallest absolute Gasteiger partial charge is 0.343 e. The maximum atomic E-state index is 13.1. The van der Waals surface area contributed by atoms with Gasteiger partial charge in [0.15, 0.2) is 5.75 Å². The van der Waals surface area contributed by atoms with Crippen LogP contribution in [0.4, 0.5) is 4.79 Å². The summed E-state index contributed by atoms with van der Waals surface area (Å²) < 4.78 is 33.4. The number of aromatic nitrogens is 1. The molecule has 1 aliphatic rings. The molecule has 4 aromatic rings. The number of nitrogens with one attached hydrogen (secondary N) is 4. The number of nitrogens with zero attached hydrogens (tertiary/aromatic N) is 1. The van der Waals surface area contributed by atoms with E-state index in [1.807, 2.05) is 54.6 Å². The second kappa shape index (κ2) is 12.9. The second-order valence-electron chi connectivity index (χ2n) is 9.89. The van der Waals surface area contributed by atoms with Crippen LogP contribution in [0.15, 0.2) is 83.8 Å². The Kier molecular flexibility index (Phi) is 8.85. The van der Waals surface area contributed by atoms with E-state index >= 15 is 0 Å². The summed E-state index contributed by atoms with van der Waals surface area (Å²) in [5.41, 5.74) is 5.56. The highest BCUT2D eigenvalue weighted by Crippen LogP contribution is 2.30. The Morgan fingerprint density at radius 3 is 2.32 bits per heavy atom. The van der Waals surface area contributed by atoms with Gasteiger partial charge in [-0.25, -0.2) is 22.9 Å². The van der Waals surface area contributed by atoms with Gasteiger partial charge in [0.1, 0.15) is 12.3 Å². The van der Waals surface area contributed by atoms with E-state index in [0.29, 0.717) is 44.1 Å². The number of benzene rings is 3. The highest BCUT2D eigenvalue weighted by atomic mass is 32.2. The molecule has 5 rings (SSSR count). The Hall–Kier alpha value is -4.35. The van der Waals surface area contributed by atoms with Crippen molar-refractivity contribution in [2.24, 2.45) is 0 Å². The molecule has 1 aliphatic heterocycles. The van der Waals surface area contributed by atoms with Gasteiger partial charge in [0.2, 0.25) is 0 Å². The van der Waals surface area contributed by atoms with Gasteiger partial charge in [-0.3, -0.25) is 10.2 Å². The molecule has 3 aromatic carbocycles. The molecule has 0 unspecified atom stereocenters. The van der Waals surface area contributed by atoms with Gasteiger partial charge < -0.3 is 15.0 Å². The van der Waals surface area contributed by atoms with Crippen LogP contribution in [-0.4, -0.2) is 50.0 Å². The minimum absolute atomic E-state index is 0.0163. The Morgan fingerprint density at radius 1 is 0.854 bits per heavy atom. The molecule has 0 aliphatic carbocycles. The SMILES string of the molecule is O=C(NN1CCCCC1)NS(=O)(=O)c1ccc(CCNC(=O)c2[nH]c3ccccc3c2OCc2ccccc2)cc1. The number of piperidine rings is 1. The zero-order valence-electron chi connectivity index (χ0n) is 22.6. The lowest BCUT2D eigenvalue weighted by Crippen LogP contribution is -2.50. The van der Waals surface area contributed by atoms with E-state index in [1.54, 1.807) is 17.1 Å². The topological polar surface area (TPSA) is 133 Å². The lowest BCUT2D eigenvalue weighted by Gasteiger charge is -2.26. The lowest BCUT2D eigenvalue weighted by atomic mass is 10.1. The van der Waals surface area contributed by atoms with E-state index in [9.17, 15) is 18.0 Å². The van der Waals surface area contributed by atoms with Crippen molar-refractivity contribution in [3.8, 4) is 5.75 Å². The molecule has 2 heterocycles. The fourth-order valence-electron chi connectivity index (χ4n) is 4.75. The number of hydrogen-bond donors (Lipinski definition) is 4. The van der Waals surface area contributed by atoms with Gasteiger partial charge in [-0.2, -0.15) is 0 Å². The fraction of sp³-hybridized carbons (Fsp3) is 0.267. The number of aromatic amines is 1. The third-order valence-electron chi connectivity index (χ3n) is 6.89. The number of hydrogen-bond acceptors (Lipinski definition) is 6. The molecule has 10 nitrogen and oxygen atoms in total. The van der Waals surface area contributed by atoms with Crippen LogP contribution in [0.25, 0.3) is 10.9 Å². The number of para-hydroxylation sites is 1. The maximum absolute atomic E-state index is 13.1. The van der Waals surface area contributed by atoms with Crippen LogP contribution in [0.5, 0.6) is 5.75 Å². The molecular formula is C30H33N5O5S. The van der Waals surface area contributed by atoms with Gasteiger partial charge in [-0.05, 0) is 54.7 Å². The second-order valence-corrected chi connectivity index (χ2v) is 11.6. The molecule has 0 spiro atoms. The van der Waals surface area contributed by atoms with Gasteiger partial charge in [0.05, 0.1) is 4.90 Å². The van der Waals surface area contributed by atoms with Crippen molar-refractivity contribution in [3.63, 3.8) is 0 Å². The van der Waals surface area contributed by atoms with Crippen LogP contribution < -0.4 is 20.2 Å². The summed E-state index contributed by atoms with van der Waals surface area (Å²) in [5, 5.41) is 5.46. The number of fused-ring (bicyclic) bond motifs is 1. The summed E-state index contributed by atoms with van der Waals surface area (Å²) in [6.45, 7) is 2.05. The first-order valence-electron chi connectivity index (χ1n) is 13.6. The molecule has 1 aromatic heterocycles. The Bertz CT molecular complexity index is 1600. The number of urea groups is 1. The van der Waals surface area contributed by atoms with E-state index in [1.165, 1.54) is 12.1 Å². The summed E-state index contributed by atoms with van der Waals surface area (Å²) in [7, 11) is -4.02. The molecular weight excluding hydrogens is 542 g/mol. The van der Waals surface area contributed by atoms with Gasteiger partial charge in [-0.1, -0.05) is 61.0 Å². The van der Waals surface area contributed by atoms with Crippen LogP contribution in [-0.2, 0) is 23.1 Å². The Labute approximate surface area is 239 Å². The molecule has 41 heavy (non-hydrogen) atoms. The average molecular weight is 576 g/mol. The van der Waals surface area contributed by atoms with Crippen molar-refractivity contribution < 1.29 is 22.7 Å². The number of ether oxygens (including phenoxy) is 1. The minimum Gasteiger partial charge on any atom is -0.486 e. The number of carbonyl (C=O) groups is 2. The first-order valence-corrected chi connectivity index (χ1v) is 15.1. The van der Waals surface area contributed by atoms with Crippen molar-refractivity contribution in [1.82, 2.24) is 25.5 Å². The third kappa shape index (κ3) is 7.24. The van der Waals surface area contributed by atoms with Crippen LogP contribution in [0.2, 0.25) is 0 Å². The maximum Gasteiger partial charge on any atom is 0.343 e. The molecule has 214 valence electrons. The third-order valence-corrected chi connectivity index (χ3v) is 8.23. The van der Waals surface area contributed by atoms with Crippen LogP contribution in [0.3, 0.4) is 0 Å². The first kappa shape index (κ1) is 28.2. The molecule has 11 heteroatoms. The van der Waals surface area contributed by atoms with Crippen molar-refractivity contribution in [2.75, 3.05) is 19.6 Å². The predicted molar refractivity (Wildman–Crippen MR) is 156 cm³/mol. The Morgan fingerprint density at radius 2 is 1.56 bits per heavy atom. The molecule has 0 atom stereocenters. The van der Waals surface area contributed by atoms with Crippen molar-refractivity contribution in [2.45, 2.75) is 37.2 Å². The highest BCUT2D eigenvalue weighted by molar-refractivity contribution is 7.90. The van der Waals surface area contributed by atoms with Crippen molar-refractivity contribution >= 4 is 32.9 Å². The minimum atomic E-state index is -4.02. The van der Waals surface area contributed by atoms with Gasteiger partial charge in [0.25, 0.3) is 15.9 Å². The molecule has 0 radical (unpaired) electrons. The van der Waals surface area contributed by atoms with Gasteiger partial charge in [-0.15, -0.1) is 0 Å². The standard InChI is InChI=1S/C30H33N5O5S/c36-29(27-28(25-11-5-6-12-26(25)32-27)40-21-23-9-3-1-4-10-23)31-18-17-22-13-15-24(16-14-22)41(38,39)34-30(37)33-35-19-7-2-8-20-35/h1,3-6,9-16,32H,2,7-8,17-21H2,(H,31,36)(H2,33,34,37). The summed E-state index contributed by atoms with van der Waals surface area (Å²) >= 11 is 0. The molecule has 1 saturated heterocycles. The quantitative estimate of drug-likeness (QED) is 0.225. The number of hydrazine groups is 1. The van der Waals surface area contributed by atoms with Crippen LogP contribution in [0.1, 0.15) is 40.9 Å². The van der Waals surface area contributed by atoms with E-state index in [4.69, 9.17) is 4.74 Å². The van der Waals surface area contributed by atoms with E-state index in [0.717, 1.165) is 41.3 Å². The van der Waals surface area contributed by atoms with Gasteiger partial charge >= 0.3 is 6.03 Å². The van der Waals surface area contributed by atoms with E-state index < -0.39 is 16.1 Å². The van der Waals surface area contributed by atoms with E-state index in [2.05, 4.69) is 20.4 Å². The number of sulfonamides is 1. The largest absolute Gasteiger partial charge is 0.486 e. The lowest BCUT2D eigenvalue weighted by molar-refractivity contribution is 0.0945. The molecule has 0 saturated carbocycles. The summed E-state index contributed by atoms with van der Waals surface area (Å²) in [6.07, 6.45) is 3.50. The molecule has 4 N–H and O–H groups in total. The average Bonchev–Trinajstić information content (AvgIpc) is 3.36. The fourth-order valence-corrected chi connectivity index (χ4v) is 5.65. The van der Waals surface area contributed by atoms with Crippen molar-refractivity contribution in [1.29, 1.82) is 0 Å². The summed E-state index contributed by atoms with van der Waals surface area (Å²) in [6, 6.07) is 22.8. The molecule has 3 amide bonds. The summed E-state index contributed by atoms with van der Waals surface area (Å²) in [5.74, 6) is 0.195. The van der Waals surface area contributed by atoms with Gasteiger partial charge in [0, 0.05) is 30.5 Å². The normalized spacial score (nSPS) is 14.0. The van der Waals surface area contributed by atoms with Crippen molar-refractivity contribution in [3.05, 3.63) is 95.7 Å². The zero-order chi connectivity index (χ0) is 28.7. The number of carbonyl (C=O) groups excluding carboxylic acids is 2. The monoisotopic (exact) mass is 575 g/mol. The molecule has 0 bridgehead atoms. The number of H-pyrrole nitrogens is 1. The van der Waals surface area contributed by atoms with Crippen LogP contribution >= 0.6 is 0 Å². The zero-order valence-corrected chi connectivity index (χ0v) is 23.4. The number of rotatable bonds is 10.